The zero-order valence-corrected chi connectivity index (χ0v) is 15.4. The number of aryl methyl sites for hydroxylation is 3. The summed E-state index contributed by atoms with van der Waals surface area (Å²) in [6, 6.07) is 3.82. The van der Waals surface area contributed by atoms with Crippen molar-refractivity contribution < 1.29 is 23.3 Å². The standard InChI is InChI=1S/C19H19N3O5/c1-8-5-9(2)15-12(22-27-13(15)6-8)7-14(24)21-19-17(18(20)25)16(10(3)23)11(4)26-19/h5-6H,7H2,1-4H3,(H2,20,25)(H,21,24). The van der Waals surface area contributed by atoms with Crippen LogP contribution in [0.5, 0.6) is 0 Å². The molecule has 140 valence electrons. The molecule has 0 radical (unpaired) electrons. The Morgan fingerprint density at radius 1 is 1.15 bits per heavy atom. The first-order valence-corrected chi connectivity index (χ1v) is 8.28. The van der Waals surface area contributed by atoms with Gasteiger partial charge in [0.2, 0.25) is 11.8 Å². The highest BCUT2D eigenvalue weighted by Gasteiger charge is 2.26. The average molecular weight is 369 g/mol. The lowest BCUT2D eigenvalue weighted by molar-refractivity contribution is -0.115. The van der Waals surface area contributed by atoms with Gasteiger partial charge in [-0.25, -0.2) is 0 Å². The van der Waals surface area contributed by atoms with Crippen molar-refractivity contribution in [1.29, 1.82) is 0 Å². The van der Waals surface area contributed by atoms with E-state index in [1.165, 1.54) is 13.8 Å². The summed E-state index contributed by atoms with van der Waals surface area (Å²) in [5.74, 6) is -1.64. The smallest absolute Gasteiger partial charge is 0.255 e. The van der Waals surface area contributed by atoms with Crippen LogP contribution in [0.2, 0.25) is 0 Å². The van der Waals surface area contributed by atoms with Crippen molar-refractivity contribution in [2.24, 2.45) is 5.73 Å². The Balaban J connectivity index is 1.91. The zero-order valence-electron chi connectivity index (χ0n) is 15.4. The summed E-state index contributed by atoms with van der Waals surface area (Å²) in [4.78, 5) is 36.0. The van der Waals surface area contributed by atoms with Crippen molar-refractivity contribution in [2.75, 3.05) is 5.32 Å². The summed E-state index contributed by atoms with van der Waals surface area (Å²) in [6.45, 7) is 6.67. The Kier molecular flexibility index (Phi) is 4.57. The van der Waals surface area contributed by atoms with Gasteiger partial charge in [0.1, 0.15) is 17.0 Å². The number of benzene rings is 1. The Labute approximate surface area is 154 Å². The highest BCUT2D eigenvalue weighted by molar-refractivity contribution is 6.12. The molecule has 0 fully saturated rings. The number of fused-ring (bicyclic) bond motifs is 1. The number of hydrogen-bond donors (Lipinski definition) is 2. The van der Waals surface area contributed by atoms with E-state index in [-0.39, 0.29) is 35.0 Å². The van der Waals surface area contributed by atoms with Crippen LogP contribution in [-0.2, 0) is 11.2 Å². The number of anilines is 1. The van der Waals surface area contributed by atoms with E-state index in [0.717, 1.165) is 16.5 Å². The van der Waals surface area contributed by atoms with Crippen LogP contribution >= 0.6 is 0 Å². The number of amides is 2. The maximum Gasteiger partial charge on any atom is 0.255 e. The van der Waals surface area contributed by atoms with Gasteiger partial charge in [0.05, 0.1) is 12.0 Å². The van der Waals surface area contributed by atoms with E-state index in [2.05, 4.69) is 10.5 Å². The molecule has 8 heteroatoms. The molecule has 2 amide bonds. The molecule has 3 rings (SSSR count). The molecule has 0 aliphatic heterocycles. The molecule has 3 N–H and O–H groups in total. The molecule has 0 saturated heterocycles. The number of ketones is 1. The lowest BCUT2D eigenvalue weighted by atomic mass is 10.0. The Morgan fingerprint density at radius 2 is 1.85 bits per heavy atom. The van der Waals surface area contributed by atoms with Crippen LogP contribution in [0.3, 0.4) is 0 Å². The lowest BCUT2D eigenvalue weighted by Crippen LogP contribution is -2.20. The second kappa shape index (κ2) is 6.71. The number of rotatable bonds is 5. The van der Waals surface area contributed by atoms with E-state index in [0.29, 0.717) is 11.3 Å². The van der Waals surface area contributed by atoms with Gasteiger partial charge in [0.15, 0.2) is 11.4 Å². The molecule has 0 aliphatic rings. The predicted molar refractivity (Wildman–Crippen MR) is 97.8 cm³/mol. The number of nitrogens with one attached hydrogen (secondary N) is 1. The van der Waals surface area contributed by atoms with E-state index in [1.54, 1.807) is 0 Å². The molecule has 0 unspecified atom stereocenters. The number of Topliss-reactive ketones (excluding diaryl/α,β-unsaturated/α-hetero) is 1. The second-order valence-electron chi connectivity index (χ2n) is 6.47. The normalized spacial score (nSPS) is 11.0. The third kappa shape index (κ3) is 3.33. The summed E-state index contributed by atoms with van der Waals surface area (Å²) in [7, 11) is 0. The molecular weight excluding hydrogens is 350 g/mol. The third-order valence-corrected chi connectivity index (χ3v) is 4.25. The van der Waals surface area contributed by atoms with E-state index in [4.69, 9.17) is 14.7 Å². The van der Waals surface area contributed by atoms with Crippen molar-refractivity contribution in [3.05, 3.63) is 45.8 Å². The van der Waals surface area contributed by atoms with Crippen LogP contribution in [0.1, 0.15) is 50.2 Å². The fraction of sp³-hybridized carbons (Fsp3) is 0.263. The lowest BCUT2D eigenvalue weighted by Gasteiger charge is -2.04. The van der Waals surface area contributed by atoms with Crippen LogP contribution in [0.4, 0.5) is 5.88 Å². The number of nitrogens with zero attached hydrogens (tertiary/aromatic N) is 1. The first-order valence-electron chi connectivity index (χ1n) is 8.28. The van der Waals surface area contributed by atoms with Crippen molar-refractivity contribution in [3.63, 3.8) is 0 Å². The summed E-state index contributed by atoms with van der Waals surface area (Å²) < 4.78 is 10.7. The van der Waals surface area contributed by atoms with Gasteiger partial charge in [-0.1, -0.05) is 11.2 Å². The summed E-state index contributed by atoms with van der Waals surface area (Å²) in [5.41, 5.74) is 8.33. The topological polar surface area (TPSA) is 128 Å². The van der Waals surface area contributed by atoms with Crippen LogP contribution in [-0.4, -0.2) is 22.8 Å². The molecule has 0 atom stereocenters. The Morgan fingerprint density at radius 3 is 2.48 bits per heavy atom. The predicted octanol–water partition coefficient (Wildman–Crippen LogP) is 2.83. The molecule has 3 aromatic rings. The van der Waals surface area contributed by atoms with Gasteiger partial charge in [-0.3, -0.25) is 19.7 Å². The Hall–Kier alpha value is -3.42. The summed E-state index contributed by atoms with van der Waals surface area (Å²) in [5, 5.41) is 7.25. The monoisotopic (exact) mass is 369 g/mol. The van der Waals surface area contributed by atoms with E-state index in [1.807, 2.05) is 26.0 Å². The van der Waals surface area contributed by atoms with Crippen molar-refractivity contribution in [3.8, 4) is 0 Å². The van der Waals surface area contributed by atoms with E-state index in [9.17, 15) is 14.4 Å². The minimum atomic E-state index is -0.856. The van der Waals surface area contributed by atoms with Crippen molar-refractivity contribution in [1.82, 2.24) is 5.16 Å². The second-order valence-corrected chi connectivity index (χ2v) is 6.47. The number of carbonyl (C=O) groups is 3. The van der Waals surface area contributed by atoms with E-state index < -0.39 is 11.8 Å². The number of nitrogens with two attached hydrogens (primary N) is 1. The van der Waals surface area contributed by atoms with Crippen LogP contribution in [0.15, 0.2) is 21.1 Å². The van der Waals surface area contributed by atoms with Gasteiger partial charge < -0.3 is 14.7 Å². The van der Waals surface area contributed by atoms with Crippen LogP contribution < -0.4 is 11.1 Å². The molecule has 0 bridgehead atoms. The fourth-order valence-electron chi connectivity index (χ4n) is 3.26. The SMILES string of the molecule is CC(=O)c1c(C)oc(NC(=O)Cc2noc3cc(C)cc(C)c23)c1C(N)=O. The summed E-state index contributed by atoms with van der Waals surface area (Å²) >= 11 is 0. The van der Waals surface area contributed by atoms with Gasteiger partial charge in [0, 0.05) is 5.39 Å². The molecule has 1 aromatic carbocycles. The number of hydrogen-bond acceptors (Lipinski definition) is 6. The van der Waals surface area contributed by atoms with Gasteiger partial charge in [0.25, 0.3) is 5.91 Å². The fourth-order valence-corrected chi connectivity index (χ4v) is 3.26. The molecule has 0 aliphatic carbocycles. The van der Waals surface area contributed by atoms with Gasteiger partial charge in [-0.15, -0.1) is 0 Å². The van der Waals surface area contributed by atoms with E-state index >= 15 is 0 Å². The van der Waals surface area contributed by atoms with Crippen LogP contribution in [0.25, 0.3) is 11.0 Å². The van der Waals surface area contributed by atoms with Gasteiger partial charge in [-0.2, -0.15) is 0 Å². The highest BCUT2D eigenvalue weighted by Crippen LogP contribution is 2.28. The highest BCUT2D eigenvalue weighted by atomic mass is 16.5. The number of primary amides is 1. The van der Waals surface area contributed by atoms with Crippen molar-refractivity contribution >= 4 is 34.5 Å². The third-order valence-electron chi connectivity index (χ3n) is 4.25. The molecule has 0 spiro atoms. The molecule has 2 heterocycles. The molecule has 0 saturated carbocycles. The van der Waals surface area contributed by atoms with Crippen LogP contribution in [0, 0.1) is 20.8 Å². The van der Waals surface area contributed by atoms with Crippen molar-refractivity contribution in [2.45, 2.75) is 34.1 Å². The maximum absolute atomic E-state index is 12.5. The van der Waals surface area contributed by atoms with Gasteiger partial charge in [-0.05, 0) is 44.9 Å². The number of aromatic nitrogens is 1. The summed E-state index contributed by atoms with van der Waals surface area (Å²) in [6.07, 6.45) is -0.0930. The number of furan rings is 1. The largest absolute Gasteiger partial charge is 0.444 e. The minimum absolute atomic E-state index is 0.0657. The van der Waals surface area contributed by atoms with Gasteiger partial charge >= 0.3 is 0 Å². The average Bonchev–Trinajstić information content (AvgIpc) is 3.08. The molecule has 2 aromatic heterocycles. The zero-order chi connectivity index (χ0) is 19.9. The maximum atomic E-state index is 12.5. The first kappa shape index (κ1) is 18.4. The molecule has 8 nitrogen and oxygen atoms in total. The number of carbonyl (C=O) groups excluding carboxylic acids is 3. The molecule has 27 heavy (non-hydrogen) atoms. The quantitative estimate of drug-likeness (QED) is 0.665. The Bertz CT molecular complexity index is 1090. The molecular formula is C19H19N3O5. The minimum Gasteiger partial charge on any atom is -0.444 e. The first-order chi connectivity index (χ1) is 12.7.